The molecular formula is C10H12FNO. The molecule has 0 unspecified atom stereocenters. The zero-order valence-electron chi connectivity index (χ0n) is 7.73. The van der Waals surface area contributed by atoms with Gasteiger partial charge in [-0.1, -0.05) is 0 Å². The summed E-state index contributed by atoms with van der Waals surface area (Å²) in [6.07, 6.45) is 0. The Bertz CT molecular complexity index is 302. The maximum absolute atomic E-state index is 12.9. The average Bonchev–Trinajstić information content (AvgIpc) is 2.03. The normalized spacial score (nSPS) is 9.77. The Labute approximate surface area is 76.9 Å². The van der Waals surface area contributed by atoms with Crippen LogP contribution in [0.5, 0.6) is 0 Å². The Balaban J connectivity index is 2.94. The summed E-state index contributed by atoms with van der Waals surface area (Å²) in [6.45, 7) is 4.00. The third-order valence-electron chi connectivity index (χ3n) is 1.59. The van der Waals surface area contributed by atoms with Crippen molar-refractivity contribution >= 4 is 5.90 Å². The summed E-state index contributed by atoms with van der Waals surface area (Å²) in [5.74, 6) is -0.315. The van der Waals surface area contributed by atoms with Gasteiger partial charge < -0.3 is 4.74 Å². The minimum atomic E-state index is -0.334. The number of nitrogens with one attached hydrogen (secondary N) is 1. The summed E-state index contributed by atoms with van der Waals surface area (Å²) >= 11 is 0. The highest BCUT2D eigenvalue weighted by atomic mass is 19.1. The molecular weight excluding hydrogens is 169 g/mol. The molecule has 1 aromatic rings. The van der Waals surface area contributed by atoms with Crippen LogP contribution in [-0.2, 0) is 4.74 Å². The second-order valence-electron chi connectivity index (χ2n) is 2.78. The topological polar surface area (TPSA) is 33.1 Å². The van der Waals surface area contributed by atoms with Gasteiger partial charge in [-0.25, -0.2) is 4.39 Å². The first-order valence-corrected chi connectivity index (χ1v) is 4.12. The SMILES string of the molecule is CCOC(=N)c1cc(C)cc(F)c1. The van der Waals surface area contributed by atoms with Gasteiger partial charge in [-0.15, -0.1) is 0 Å². The summed E-state index contributed by atoms with van der Waals surface area (Å²) in [5, 5.41) is 7.43. The lowest BCUT2D eigenvalue weighted by molar-refractivity contribution is 0.325. The van der Waals surface area contributed by atoms with E-state index >= 15 is 0 Å². The number of hydrogen-bond donors (Lipinski definition) is 1. The molecule has 0 heterocycles. The molecule has 13 heavy (non-hydrogen) atoms. The Kier molecular flexibility index (Phi) is 3.01. The van der Waals surface area contributed by atoms with Gasteiger partial charge in [-0.3, -0.25) is 5.41 Å². The molecule has 1 N–H and O–H groups in total. The van der Waals surface area contributed by atoms with Crippen molar-refractivity contribution in [3.8, 4) is 0 Å². The van der Waals surface area contributed by atoms with Crippen molar-refractivity contribution in [1.29, 1.82) is 5.41 Å². The Morgan fingerprint density at radius 1 is 1.46 bits per heavy atom. The lowest BCUT2D eigenvalue weighted by Gasteiger charge is -2.05. The van der Waals surface area contributed by atoms with Gasteiger partial charge >= 0.3 is 0 Å². The molecule has 0 aliphatic rings. The van der Waals surface area contributed by atoms with E-state index in [2.05, 4.69) is 0 Å². The molecule has 0 fully saturated rings. The fourth-order valence-corrected chi connectivity index (χ4v) is 1.10. The van der Waals surface area contributed by atoms with Crippen LogP contribution < -0.4 is 0 Å². The van der Waals surface area contributed by atoms with Crippen LogP contribution in [0.4, 0.5) is 4.39 Å². The van der Waals surface area contributed by atoms with E-state index in [9.17, 15) is 4.39 Å². The molecule has 1 rings (SSSR count). The van der Waals surface area contributed by atoms with E-state index in [4.69, 9.17) is 10.1 Å². The number of ether oxygens (including phenoxy) is 1. The van der Waals surface area contributed by atoms with E-state index in [-0.39, 0.29) is 11.7 Å². The zero-order chi connectivity index (χ0) is 9.84. The standard InChI is InChI=1S/C10H12FNO/c1-3-13-10(12)8-4-7(2)5-9(11)6-8/h4-6,12H,3H2,1-2H3. The molecule has 0 saturated carbocycles. The van der Waals surface area contributed by atoms with Gasteiger partial charge in [0.05, 0.1) is 6.61 Å². The van der Waals surface area contributed by atoms with Crippen molar-refractivity contribution in [2.24, 2.45) is 0 Å². The molecule has 0 aromatic heterocycles. The Morgan fingerprint density at radius 3 is 2.69 bits per heavy atom. The number of rotatable bonds is 2. The van der Waals surface area contributed by atoms with Crippen LogP contribution in [0.25, 0.3) is 0 Å². The molecule has 1 aromatic carbocycles. The summed E-state index contributed by atoms with van der Waals surface area (Å²) in [4.78, 5) is 0. The molecule has 0 spiro atoms. The highest BCUT2D eigenvalue weighted by Crippen LogP contribution is 2.09. The van der Waals surface area contributed by atoms with Gasteiger partial charge in [0.2, 0.25) is 5.90 Å². The molecule has 0 bridgehead atoms. The van der Waals surface area contributed by atoms with Crippen LogP contribution in [0.3, 0.4) is 0 Å². The third kappa shape index (κ3) is 2.54. The zero-order valence-corrected chi connectivity index (χ0v) is 7.73. The minimum absolute atomic E-state index is 0.0186. The molecule has 70 valence electrons. The lowest BCUT2D eigenvalue weighted by atomic mass is 10.1. The second-order valence-corrected chi connectivity index (χ2v) is 2.78. The van der Waals surface area contributed by atoms with Crippen molar-refractivity contribution in [1.82, 2.24) is 0 Å². The fourth-order valence-electron chi connectivity index (χ4n) is 1.10. The second kappa shape index (κ2) is 4.03. The molecule has 3 heteroatoms. The van der Waals surface area contributed by atoms with Crippen LogP contribution in [0.1, 0.15) is 18.1 Å². The van der Waals surface area contributed by atoms with E-state index in [1.165, 1.54) is 12.1 Å². The maximum Gasteiger partial charge on any atom is 0.213 e. The van der Waals surface area contributed by atoms with Gasteiger partial charge in [-0.05, 0) is 37.6 Å². The Hall–Kier alpha value is -1.38. The molecule has 0 aliphatic carbocycles. The van der Waals surface area contributed by atoms with Crippen LogP contribution in [0.2, 0.25) is 0 Å². The van der Waals surface area contributed by atoms with Crippen molar-refractivity contribution in [3.63, 3.8) is 0 Å². The van der Waals surface area contributed by atoms with Crippen LogP contribution >= 0.6 is 0 Å². The van der Waals surface area contributed by atoms with E-state index in [1.54, 1.807) is 19.9 Å². The van der Waals surface area contributed by atoms with Gasteiger partial charge in [0.25, 0.3) is 0 Å². The first kappa shape index (κ1) is 9.71. The van der Waals surface area contributed by atoms with Crippen LogP contribution in [-0.4, -0.2) is 12.5 Å². The number of halogens is 1. The van der Waals surface area contributed by atoms with E-state index in [0.29, 0.717) is 12.2 Å². The highest BCUT2D eigenvalue weighted by Gasteiger charge is 2.04. The van der Waals surface area contributed by atoms with E-state index in [0.717, 1.165) is 5.56 Å². The fraction of sp³-hybridized carbons (Fsp3) is 0.300. The van der Waals surface area contributed by atoms with E-state index in [1.807, 2.05) is 0 Å². The first-order valence-electron chi connectivity index (χ1n) is 4.12. The quantitative estimate of drug-likeness (QED) is 0.552. The average molecular weight is 181 g/mol. The van der Waals surface area contributed by atoms with Crippen molar-refractivity contribution in [3.05, 3.63) is 35.1 Å². The van der Waals surface area contributed by atoms with Gasteiger partial charge in [-0.2, -0.15) is 0 Å². The predicted molar refractivity (Wildman–Crippen MR) is 49.6 cm³/mol. The minimum Gasteiger partial charge on any atom is -0.478 e. The third-order valence-corrected chi connectivity index (χ3v) is 1.59. The smallest absolute Gasteiger partial charge is 0.213 e. The number of benzene rings is 1. The molecule has 0 atom stereocenters. The summed E-state index contributed by atoms with van der Waals surface area (Å²) < 4.78 is 17.8. The van der Waals surface area contributed by atoms with Gasteiger partial charge in [0, 0.05) is 5.56 Å². The number of hydrogen-bond acceptors (Lipinski definition) is 2. The highest BCUT2D eigenvalue weighted by molar-refractivity contribution is 5.91. The van der Waals surface area contributed by atoms with Crippen molar-refractivity contribution in [2.75, 3.05) is 6.61 Å². The predicted octanol–water partition coefficient (Wildman–Crippen LogP) is 2.50. The summed E-state index contributed by atoms with van der Waals surface area (Å²) in [7, 11) is 0. The number of aryl methyl sites for hydroxylation is 1. The molecule has 0 saturated heterocycles. The molecule has 0 radical (unpaired) electrons. The Morgan fingerprint density at radius 2 is 2.15 bits per heavy atom. The van der Waals surface area contributed by atoms with Crippen LogP contribution in [0.15, 0.2) is 18.2 Å². The van der Waals surface area contributed by atoms with Gasteiger partial charge in [0.1, 0.15) is 5.82 Å². The molecule has 0 amide bonds. The molecule has 2 nitrogen and oxygen atoms in total. The molecule has 0 aliphatic heterocycles. The first-order chi connectivity index (χ1) is 6.13. The maximum atomic E-state index is 12.9. The van der Waals surface area contributed by atoms with Gasteiger partial charge in [0.15, 0.2) is 0 Å². The monoisotopic (exact) mass is 181 g/mol. The largest absolute Gasteiger partial charge is 0.478 e. The lowest BCUT2D eigenvalue weighted by Crippen LogP contribution is -2.05. The summed E-state index contributed by atoms with van der Waals surface area (Å²) in [5.41, 5.74) is 1.28. The van der Waals surface area contributed by atoms with Crippen LogP contribution in [0, 0.1) is 18.2 Å². The summed E-state index contributed by atoms with van der Waals surface area (Å²) in [6, 6.07) is 4.44. The van der Waals surface area contributed by atoms with Crippen molar-refractivity contribution in [2.45, 2.75) is 13.8 Å². The van der Waals surface area contributed by atoms with E-state index < -0.39 is 0 Å². The van der Waals surface area contributed by atoms with Crippen molar-refractivity contribution < 1.29 is 9.13 Å².